The number of carbonyl (C=O) groups is 1. The highest BCUT2D eigenvalue weighted by Gasteiger charge is 2.15. The normalized spacial score (nSPS) is 11.0. The third-order valence-electron chi connectivity index (χ3n) is 3.86. The molecule has 0 spiro atoms. The summed E-state index contributed by atoms with van der Waals surface area (Å²) in [5.74, 6) is -0.331. The van der Waals surface area contributed by atoms with Gasteiger partial charge in [0.2, 0.25) is 5.78 Å². The van der Waals surface area contributed by atoms with Crippen LogP contribution in [0.25, 0.3) is 21.8 Å². The van der Waals surface area contributed by atoms with Gasteiger partial charge in [-0.1, -0.05) is 36.4 Å². The van der Waals surface area contributed by atoms with Crippen LogP contribution in [0, 0.1) is 0 Å². The van der Waals surface area contributed by atoms with Crippen LogP contribution in [0.3, 0.4) is 0 Å². The number of carbonyl (C=O) groups excluding carboxylic acids is 1. The lowest BCUT2D eigenvalue weighted by Gasteiger charge is -2.05. The molecule has 0 atom stereocenters. The first kappa shape index (κ1) is 14.1. The van der Waals surface area contributed by atoms with E-state index in [0.717, 1.165) is 10.8 Å². The highest BCUT2D eigenvalue weighted by molar-refractivity contribution is 6.08. The summed E-state index contributed by atoms with van der Waals surface area (Å²) >= 11 is 0. The fraction of sp³-hybridized carbons (Fsp3) is 0. The van der Waals surface area contributed by atoms with Gasteiger partial charge in [-0.05, 0) is 24.3 Å². The van der Waals surface area contributed by atoms with Crippen molar-refractivity contribution in [2.24, 2.45) is 0 Å². The van der Waals surface area contributed by atoms with Crippen molar-refractivity contribution in [3.8, 4) is 11.5 Å². The van der Waals surface area contributed by atoms with Gasteiger partial charge in [0, 0.05) is 10.8 Å². The molecule has 0 aliphatic heterocycles. The van der Waals surface area contributed by atoms with Crippen LogP contribution < -0.4 is 0 Å². The first-order valence-corrected chi connectivity index (χ1v) is 7.36. The molecule has 24 heavy (non-hydrogen) atoms. The number of hydrogen-bond donors (Lipinski definition) is 2. The summed E-state index contributed by atoms with van der Waals surface area (Å²) in [4.78, 5) is 21.2. The predicted molar refractivity (Wildman–Crippen MR) is 90.2 cm³/mol. The lowest BCUT2D eigenvalue weighted by atomic mass is 10.1. The average molecular weight is 316 g/mol. The third kappa shape index (κ3) is 2.23. The molecular formula is C19H12N2O3. The smallest absolute Gasteiger partial charge is 0.229 e. The largest absolute Gasteiger partial charge is 0.506 e. The molecule has 5 heteroatoms. The van der Waals surface area contributed by atoms with Gasteiger partial charge in [0.05, 0.1) is 0 Å². The Morgan fingerprint density at radius 3 is 1.58 bits per heavy atom. The fourth-order valence-electron chi connectivity index (χ4n) is 2.65. The zero-order valence-electron chi connectivity index (χ0n) is 12.5. The Hall–Kier alpha value is -3.47. The number of hydrogen-bond acceptors (Lipinski definition) is 5. The number of ketones is 1. The van der Waals surface area contributed by atoms with Crippen LogP contribution in [-0.2, 0) is 0 Å². The Kier molecular flexibility index (Phi) is 3.13. The van der Waals surface area contributed by atoms with E-state index in [1.54, 1.807) is 36.4 Å². The van der Waals surface area contributed by atoms with Crippen molar-refractivity contribution in [2.45, 2.75) is 0 Å². The number of aromatic nitrogens is 2. The van der Waals surface area contributed by atoms with Gasteiger partial charge in [-0.3, -0.25) is 4.79 Å². The molecule has 0 saturated heterocycles. The molecule has 0 amide bonds. The number of fused-ring (bicyclic) bond motifs is 2. The van der Waals surface area contributed by atoms with E-state index in [1.807, 2.05) is 12.1 Å². The summed E-state index contributed by atoms with van der Waals surface area (Å²) in [6, 6.07) is 16.8. The fourth-order valence-corrected chi connectivity index (χ4v) is 2.65. The van der Waals surface area contributed by atoms with E-state index in [-0.39, 0.29) is 28.7 Å². The van der Waals surface area contributed by atoms with Gasteiger partial charge < -0.3 is 10.2 Å². The van der Waals surface area contributed by atoms with Crippen LogP contribution in [0.15, 0.2) is 60.7 Å². The van der Waals surface area contributed by atoms with Gasteiger partial charge in [-0.15, -0.1) is 0 Å². The van der Waals surface area contributed by atoms with Gasteiger partial charge in [0.25, 0.3) is 0 Å². The van der Waals surface area contributed by atoms with E-state index in [1.165, 1.54) is 12.1 Å². The number of phenolic OH excluding ortho intramolecular Hbond substituents is 2. The van der Waals surface area contributed by atoms with Crippen LogP contribution in [0.2, 0.25) is 0 Å². The highest BCUT2D eigenvalue weighted by Crippen LogP contribution is 2.25. The maximum absolute atomic E-state index is 12.7. The van der Waals surface area contributed by atoms with E-state index < -0.39 is 0 Å². The summed E-state index contributed by atoms with van der Waals surface area (Å²) in [7, 11) is 0. The molecule has 2 N–H and O–H groups in total. The molecule has 0 aliphatic carbocycles. The molecule has 0 radical (unpaired) electrons. The molecule has 0 saturated carbocycles. The monoisotopic (exact) mass is 316 g/mol. The Balaban J connectivity index is 1.84. The van der Waals surface area contributed by atoms with Crippen LogP contribution >= 0.6 is 0 Å². The number of rotatable bonds is 2. The molecule has 2 heterocycles. The molecular weight excluding hydrogens is 304 g/mol. The molecule has 0 unspecified atom stereocenters. The van der Waals surface area contributed by atoms with E-state index in [0.29, 0.717) is 11.0 Å². The summed E-state index contributed by atoms with van der Waals surface area (Å²) < 4.78 is 0. The zero-order valence-corrected chi connectivity index (χ0v) is 12.5. The van der Waals surface area contributed by atoms with Crippen molar-refractivity contribution in [3.63, 3.8) is 0 Å². The minimum absolute atomic E-state index is 0.0197. The summed E-state index contributed by atoms with van der Waals surface area (Å²) in [6.07, 6.45) is 0. The summed E-state index contributed by atoms with van der Waals surface area (Å²) in [5.41, 5.74) is 1.11. The molecule has 0 fully saturated rings. The second-order valence-electron chi connectivity index (χ2n) is 5.42. The molecule has 2 aromatic carbocycles. The topological polar surface area (TPSA) is 83.3 Å². The molecule has 116 valence electrons. The average Bonchev–Trinajstić information content (AvgIpc) is 2.61. The van der Waals surface area contributed by atoms with E-state index >= 15 is 0 Å². The lowest BCUT2D eigenvalue weighted by Crippen LogP contribution is -2.06. The van der Waals surface area contributed by atoms with Crippen molar-refractivity contribution in [1.82, 2.24) is 9.97 Å². The Morgan fingerprint density at radius 2 is 1.12 bits per heavy atom. The van der Waals surface area contributed by atoms with Crippen molar-refractivity contribution >= 4 is 27.6 Å². The molecule has 0 bridgehead atoms. The second-order valence-corrected chi connectivity index (χ2v) is 5.42. The molecule has 4 aromatic rings. The molecule has 5 nitrogen and oxygen atoms in total. The van der Waals surface area contributed by atoms with E-state index in [4.69, 9.17) is 0 Å². The number of phenols is 2. The number of aromatic hydroxyl groups is 2. The Morgan fingerprint density at radius 1 is 0.667 bits per heavy atom. The molecule has 0 aliphatic rings. The van der Waals surface area contributed by atoms with Gasteiger partial charge in [-0.2, -0.15) is 0 Å². The number of pyridine rings is 2. The molecule has 4 rings (SSSR count). The van der Waals surface area contributed by atoms with Crippen molar-refractivity contribution in [1.29, 1.82) is 0 Å². The number of para-hydroxylation sites is 2. The SMILES string of the molecule is O=C(c1ccc2cccc(O)c2n1)c1ccc2cccc(O)c2n1. The minimum atomic E-state index is -0.370. The minimum Gasteiger partial charge on any atom is -0.506 e. The standard InChI is InChI=1S/C19H12N2O3/c22-15-5-1-3-11-7-9-13(20-17(11)15)19(24)14-10-8-12-4-2-6-16(23)18(12)21-14/h1-10,22-23H. The predicted octanol–water partition coefficient (Wildman–Crippen LogP) is 3.43. The van der Waals surface area contributed by atoms with Crippen molar-refractivity contribution < 1.29 is 15.0 Å². The van der Waals surface area contributed by atoms with Gasteiger partial charge in [0.15, 0.2) is 0 Å². The van der Waals surface area contributed by atoms with Crippen molar-refractivity contribution in [2.75, 3.05) is 0 Å². The zero-order chi connectivity index (χ0) is 16.7. The number of nitrogens with zero attached hydrogens (tertiary/aromatic N) is 2. The number of benzene rings is 2. The Labute approximate surface area is 136 Å². The molecule has 2 aromatic heterocycles. The third-order valence-corrected chi connectivity index (χ3v) is 3.86. The first-order valence-electron chi connectivity index (χ1n) is 7.36. The summed E-state index contributed by atoms with van der Waals surface area (Å²) in [5, 5.41) is 21.3. The van der Waals surface area contributed by atoms with Crippen LogP contribution in [0.5, 0.6) is 11.5 Å². The second kappa shape index (κ2) is 5.31. The van der Waals surface area contributed by atoms with Crippen LogP contribution in [0.4, 0.5) is 0 Å². The maximum Gasteiger partial charge on any atom is 0.229 e. The summed E-state index contributed by atoms with van der Waals surface area (Å²) in [6.45, 7) is 0. The van der Waals surface area contributed by atoms with Crippen LogP contribution in [0.1, 0.15) is 16.2 Å². The quantitative estimate of drug-likeness (QED) is 0.554. The Bertz CT molecular complexity index is 1020. The van der Waals surface area contributed by atoms with Gasteiger partial charge in [-0.25, -0.2) is 9.97 Å². The van der Waals surface area contributed by atoms with Gasteiger partial charge in [0.1, 0.15) is 33.9 Å². The first-order chi connectivity index (χ1) is 11.6. The van der Waals surface area contributed by atoms with E-state index in [2.05, 4.69) is 9.97 Å². The van der Waals surface area contributed by atoms with Gasteiger partial charge >= 0.3 is 0 Å². The van der Waals surface area contributed by atoms with Crippen LogP contribution in [-0.4, -0.2) is 26.0 Å². The van der Waals surface area contributed by atoms with E-state index in [9.17, 15) is 15.0 Å². The van der Waals surface area contributed by atoms with Crippen molar-refractivity contribution in [3.05, 3.63) is 72.1 Å². The maximum atomic E-state index is 12.7. The lowest BCUT2D eigenvalue weighted by molar-refractivity contribution is 0.103. The highest BCUT2D eigenvalue weighted by atomic mass is 16.3.